The number of nitrogens with zero attached hydrogens (tertiary/aromatic N) is 1. The molecule has 36 heavy (non-hydrogen) atoms. The quantitative estimate of drug-likeness (QED) is 0.140. The first-order valence-electron chi connectivity index (χ1n) is 13.8. The van der Waals surface area contributed by atoms with Gasteiger partial charge in [-0.3, -0.25) is 4.79 Å². The van der Waals surface area contributed by atoms with Gasteiger partial charge in [0.1, 0.15) is 12.3 Å². The second-order valence-electron chi connectivity index (χ2n) is 9.48. The van der Waals surface area contributed by atoms with E-state index in [1.165, 1.54) is 57.8 Å². The number of amides is 1. The minimum absolute atomic E-state index is 0. The van der Waals surface area contributed by atoms with Crippen LogP contribution in [-0.2, 0) is 6.54 Å². The Balaban J connectivity index is 0.00000648. The average Bonchev–Trinajstić information content (AvgIpc) is 2.87. The van der Waals surface area contributed by atoms with Crippen molar-refractivity contribution < 1.29 is 38.1 Å². The fourth-order valence-electron chi connectivity index (χ4n) is 4.30. The lowest BCUT2D eigenvalue weighted by atomic mass is 10.0. The van der Waals surface area contributed by atoms with Crippen LogP contribution in [0.15, 0.2) is 42.7 Å². The fourth-order valence-corrected chi connectivity index (χ4v) is 4.54. The SMILES string of the molecule is CCCCCCCCCCCCOc1ccc(C(CC)NC(=O)c2cc[n+](CCC)cc2)cc1Cl.[I-]. The Morgan fingerprint density at radius 1 is 0.889 bits per heavy atom. The van der Waals surface area contributed by atoms with Gasteiger partial charge < -0.3 is 34.0 Å². The van der Waals surface area contributed by atoms with Crippen molar-refractivity contribution in [2.45, 2.75) is 110 Å². The van der Waals surface area contributed by atoms with E-state index in [-0.39, 0.29) is 35.9 Å². The molecule has 2 rings (SSSR count). The Labute approximate surface area is 241 Å². The molecular weight excluding hydrogens is 583 g/mol. The molecule has 1 aromatic carbocycles. The van der Waals surface area contributed by atoms with Crippen molar-refractivity contribution in [1.82, 2.24) is 5.32 Å². The second kappa shape index (κ2) is 19.7. The molecule has 0 fully saturated rings. The van der Waals surface area contributed by atoms with Gasteiger partial charge in [-0.25, -0.2) is 4.57 Å². The van der Waals surface area contributed by atoms with Crippen LogP contribution in [0.25, 0.3) is 0 Å². The lowest BCUT2D eigenvalue weighted by Crippen LogP contribution is -3.00. The second-order valence-corrected chi connectivity index (χ2v) is 9.89. The summed E-state index contributed by atoms with van der Waals surface area (Å²) in [5.74, 6) is 0.647. The summed E-state index contributed by atoms with van der Waals surface area (Å²) in [6, 6.07) is 9.50. The van der Waals surface area contributed by atoms with Crippen LogP contribution in [0, 0.1) is 0 Å². The average molecular weight is 629 g/mol. The first-order chi connectivity index (χ1) is 17.1. The third-order valence-electron chi connectivity index (χ3n) is 6.46. The first-order valence-corrected chi connectivity index (χ1v) is 14.2. The van der Waals surface area contributed by atoms with Gasteiger partial charge in [0.25, 0.3) is 5.91 Å². The maximum Gasteiger partial charge on any atom is 0.252 e. The number of ether oxygens (including phenoxy) is 1. The monoisotopic (exact) mass is 628 g/mol. The van der Waals surface area contributed by atoms with Crippen LogP contribution in [0.1, 0.15) is 120 Å². The van der Waals surface area contributed by atoms with Gasteiger partial charge >= 0.3 is 0 Å². The summed E-state index contributed by atoms with van der Waals surface area (Å²) in [7, 11) is 0. The highest BCUT2D eigenvalue weighted by Crippen LogP contribution is 2.29. The summed E-state index contributed by atoms with van der Waals surface area (Å²) in [5, 5.41) is 3.74. The van der Waals surface area contributed by atoms with Crippen molar-refractivity contribution in [3.8, 4) is 5.75 Å². The largest absolute Gasteiger partial charge is 1.00 e. The van der Waals surface area contributed by atoms with Crippen LogP contribution < -0.4 is 38.6 Å². The number of benzene rings is 1. The fraction of sp³-hybridized carbons (Fsp3) is 0.600. The normalized spacial score (nSPS) is 11.6. The maximum absolute atomic E-state index is 12.8. The molecule has 1 heterocycles. The molecule has 0 radical (unpaired) electrons. The number of halogens is 2. The van der Waals surface area contributed by atoms with E-state index < -0.39 is 0 Å². The molecule has 1 amide bonds. The molecule has 4 nitrogen and oxygen atoms in total. The molecule has 0 aliphatic heterocycles. The Morgan fingerprint density at radius 3 is 2.06 bits per heavy atom. The topological polar surface area (TPSA) is 42.2 Å². The Kier molecular flexibility index (Phi) is 17.9. The number of aryl methyl sites for hydroxylation is 1. The summed E-state index contributed by atoms with van der Waals surface area (Å²) in [6.07, 6.45) is 18.8. The number of hydrogen-bond acceptors (Lipinski definition) is 2. The zero-order chi connectivity index (χ0) is 25.3. The van der Waals surface area contributed by atoms with E-state index >= 15 is 0 Å². The minimum Gasteiger partial charge on any atom is -1.00 e. The number of hydrogen-bond donors (Lipinski definition) is 1. The van der Waals surface area contributed by atoms with Crippen molar-refractivity contribution in [3.05, 3.63) is 58.9 Å². The lowest BCUT2D eigenvalue weighted by Gasteiger charge is -2.19. The highest BCUT2D eigenvalue weighted by Gasteiger charge is 2.16. The zero-order valence-corrected chi connectivity index (χ0v) is 25.5. The van der Waals surface area contributed by atoms with Gasteiger partial charge in [-0.05, 0) is 30.5 Å². The van der Waals surface area contributed by atoms with E-state index in [0.29, 0.717) is 17.2 Å². The standard InChI is InChI=1S/C30H45ClN2O2.HI/c1-4-7-8-9-10-11-12-13-14-15-23-35-29-17-16-26(24-27(29)31)28(6-3)32-30(34)25-18-21-33(20-5-2)22-19-25;/h16-19,21-22,24,28H,4-15,20,23H2,1-3H3;1H. The van der Waals surface area contributed by atoms with Crippen molar-refractivity contribution in [2.75, 3.05) is 6.61 Å². The Hall–Kier alpha value is -1.34. The van der Waals surface area contributed by atoms with E-state index in [9.17, 15) is 4.79 Å². The molecule has 0 spiro atoms. The van der Waals surface area contributed by atoms with Gasteiger partial charge in [-0.1, -0.05) is 96.2 Å². The van der Waals surface area contributed by atoms with Gasteiger partial charge in [0.15, 0.2) is 12.4 Å². The number of unbranched alkanes of at least 4 members (excludes halogenated alkanes) is 9. The number of carbonyl (C=O) groups excluding carboxylic acids is 1. The highest BCUT2D eigenvalue weighted by atomic mass is 127. The Morgan fingerprint density at radius 2 is 1.50 bits per heavy atom. The summed E-state index contributed by atoms with van der Waals surface area (Å²) >= 11 is 6.52. The van der Waals surface area contributed by atoms with E-state index in [4.69, 9.17) is 16.3 Å². The van der Waals surface area contributed by atoms with Gasteiger partial charge in [0, 0.05) is 18.6 Å². The molecule has 1 unspecified atom stereocenters. The third kappa shape index (κ3) is 12.3. The van der Waals surface area contributed by atoms with Crippen molar-refractivity contribution in [3.63, 3.8) is 0 Å². The molecule has 0 saturated carbocycles. The number of rotatable bonds is 18. The molecule has 0 saturated heterocycles. The van der Waals surface area contributed by atoms with Gasteiger partial charge in [0.2, 0.25) is 0 Å². The number of aromatic nitrogens is 1. The third-order valence-corrected chi connectivity index (χ3v) is 6.76. The molecule has 6 heteroatoms. The minimum atomic E-state index is -0.0982. The van der Waals surface area contributed by atoms with Crippen LogP contribution in [0.2, 0.25) is 5.02 Å². The lowest BCUT2D eigenvalue weighted by molar-refractivity contribution is -0.697. The van der Waals surface area contributed by atoms with E-state index in [1.54, 1.807) is 0 Å². The summed E-state index contributed by atoms with van der Waals surface area (Å²) in [5.41, 5.74) is 1.66. The Bertz CT molecular complexity index is 861. The molecule has 1 N–H and O–H groups in total. The number of pyridine rings is 1. The molecule has 1 aromatic heterocycles. The molecular formula is C30H46ClIN2O2. The van der Waals surface area contributed by atoms with Crippen LogP contribution in [0.4, 0.5) is 0 Å². The smallest absolute Gasteiger partial charge is 0.252 e. The van der Waals surface area contributed by atoms with Crippen LogP contribution in [-0.4, -0.2) is 12.5 Å². The van der Waals surface area contributed by atoms with E-state index in [2.05, 4.69) is 30.7 Å². The van der Waals surface area contributed by atoms with Crippen LogP contribution in [0.5, 0.6) is 5.75 Å². The van der Waals surface area contributed by atoms with Crippen molar-refractivity contribution in [2.24, 2.45) is 0 Å². The van der Waals surface area contributed by atoms with Crippen LogP contribution >= 0.6 is 11.6 Å². The molecule has 2 aromatic rings. The van der Waals surface area contributed by atoms with E-state index in [1.807, 2.05) is 42.7 Å². The van der Waals surface area contributed by atoms with Gasteiger partial charge in [-0.15, -0.1) is 0 Å². The van der Waals surface area contributed by atoms with Crippen molar-refractivity contribution in [1.29, 1.82) is 0 Å². The van der Waals surface area contributed by atoms with Gasteiger partial charge in [0.05, 0.1) is 23.2 Å². The zero-order valence-electron chi connectivity index (χ0n) is 22.5. The predicted octanol–water partition coefficient (Wildman–Crippen LogP) is 5.22. The molecule has 0 aliphatic carbocycles. The predicted molar refractivity (Wildman–Crippen MR) is 146 cm³/mol. The summed E-state index contributed by atoms with van der Waals surface area (Å²) < 4.78 is 8.02. The first kappa shape index (κ1) is 32.7. The molecule has 202 valence electrons. The highest BCUT2D eigenvalue weighted by molar-refractivity contribution is 6.32. The number of carbonyl (C=O) groups is 1. The summed E-state index contributed by atoms with van der Waals surface area (Å²) in [4.78, 5) is 12.8. The summed E-state index contributed by atoms with van der Waals surface area (Å²) in [6.45, 7) is 8.11. The molecule has 0 aliphatic rings. The van der Waals surface area contributed by atoms with Gasteiger partial charge in [-0.2, -0.15) is 0 Å². The van der Waals surface area contributed by atoms with Crippen molar-refractivity contribution >= 4 is 17.5 Å². The molecule has 1 atom stereocenters. The number of nitrogens with one attached hydrogen (secondary N) is 1. The molecule has 0 bridgehead atoms. The van der Waals surface area contributed by atoms with E-state index in [0.717, 1.165) is 37.1 Å². The maximum atomic E-state index is 12.8. The van der Waals surface area contributed by atoms with Crippen LogP contribution in [0.3, 0.4) is 0 Å².